The molecule has 2 aromatic heterocycles. The van der Waals surface area contributed by atoms with Crippen LogP contribution >= 0.6 is 0 Å². The number of para-hydroxylation sites is 1. The van der Waals surface area contributed by atoms with E-state index in [4.69, 9.17) is 9.26 Å². The van der Waals surface area contributed by atoms with Crippen LogP contribution in [0.5, 0.6) is 5.75 Å². The number of hydrogen-bond acceptors (Lipinski definition) is 4. The van der Waals surface area contributed by atoms with Crippen molar-refractivity contribution in [1.29, 1.82) is 0 Å². The van der Waals surface area contributed by atoms with Gasteiger partial charge in [0.15, 0.2) is 0 Å². The third-order valence-electron chi connectivity index (χ3n) is 5.02. The summed E-state index contributed by atoms with van der Waals surface area (Å²) >= 11 is 0. The van der Waals surface area contributed by atoms with Crippen LogP contribution < -0.4 is 4.74 Å². The summed E-state index contributed by atoms with van der Waals surface area (Å²) in [5.41, 5.74) is 7.88. The fourth-order valence-corrected chi connectivity index (χ4v) is 3.86. The smallest absolute Gasteiger partial charge is 0.145 e. The first kappa shape index (κ1) is 16.6. The molecule has 1 aromatic carbocycles. The molecule has 1 aliphatic rings. The van der Waals surface area contributed by atoms with Crippen molar-refractivity contribution in [3.63, 3.8) is 0 Å². The monoisotopic (exact) mass is 346 g/mol. The lowest BCUT2D eigenvalue weighted by atomic mass is 9.87. The molecule has 0 N–H and O–H groups in total. The molecular formula is C22H22N2O2. The Labute approximate surface area is 153 Å². The minimum atomic E-state index is 0.801. The molecule has 0 amide bonds. The fourth-order valence-electron chi connectivity index (χ4n) is 3.86. The first-order valence-corrected chi connectivity index (χ1v) is 8.87. The van der Waals surface area contributed by atoms with Crippen LogP contribution in [0.4, 0.5) is 0 Å². The lowest BCUT2D eigenvalue weighted by molar-refractivity contribution is 0.393. The van der Waals surface area contributed by atoms with Crippen molar-refractivity contribution >= 4 is 22.0 Å². The van der Waals surface area contributed by atoms with Crippen molar-refractivity contribution in [3.8, 4) is 5.75 Å². The SMILES string of the molecule is COc1cccc2c(C3=CCCC(c4c(C)noc4C)=C3)c(C)cnc12. The Hall–Kier alpha value is -2.88. The third-order valence-corrected chi connectivity index (χ3v) is 5.02. The second-order valence-electron chi connectivity index (χ2n) is 6.74. The topological polar surface area (TPSA) is 48.2 Å². The van der Waals surface area contributed by atoms with Crippen LogP contribution in [0.1, 0.15) is 41.0 Å². The Morgan fingerprint density at radius 2 is 1.96 bits per heavy atom. The van der Waals surface area contributed by atoms with Gasteiger partial charge in [-0.25, -0.2) is 0 Å². The summed E-state index contributed by atoms with van der Waals surface area (Å²) in [6.45, 7) is 6.09. The van der Waals surface area contributed by atoms with Gasteiger partial charge in [-0.1, -0.05) is 29.4 Å². The molecule has 3 aromatic rings. The molecule has 1 aliphatic carbocycles. The van der Waals surface area contributed by atoms with Crippen molar-refractivity contribution in [2.45, 2.75) is 33.6 Å². The molecule has 0 aliphatic heterocycles. The molecule has 0 bridgehead atoms. The predicted octanol–water partition coefficient (Wildman–Crippen LogP) is 5.42. The second-order valence-corrected chi connectivity index (χ2v) is 6.74. The quantitative estimate of drug-likeness (QED) is 0.635. The number of allylic oxidation sites excluding steroid dienone is 4. The number of nitrogens with zero attached hydrogens (tertiary/aromatic N) is 2. The number of benzene rings is 1. The van der Waals surface area contributed by atoms with Crippen LogP contribution in [0, 0.1) is 20.8 Å². The molecule has 132 valence electrons. The highest BCUT2D eigenvalue weighted by Crippen LogP contribution is 2.38. The third kappa shape index (κ3) is 2.62. The molecule has 0 radical (unpaired) electrons. The van der Waals surface area contributed by atoms with Gasteiger partial charge in [0.25, 0.3) is 0 Å². The Kier molecular flexibility index (Phi) is 4.11. The first-order valence-electron chi connectivity index (χ1n) is 8.87. The summed E-state index contributed by atoms with van der Waals surface area (Å²) in [6, 6.07) is 6.09. The van der Waals surface area contributed by atoms with E-state index in [-0.39, 0.29) is 0 Å². The molecule has 4 rings (SSSR count). The number of aryl methyl sites for hydroxylation is 3. The molecule has 4 nitrogen and oxygen atoms in total. The minimum Gasteiger partial charge on any atom is -0.494 e. The van der Waals surface area contributed by atoms with Crippen molar-refractivity contribution in [2.75, 3.05) is 7.11 Å². The molecule has 0 saturated heterocycles. The van der Waals surface area contributed by atoms with E-state index in [1.165, 1.54) is 16.7 Å². The summed E-state index contributed by atoms with van der Waals surface area (Å²) in [4.78, 5) is 4.61. The molecular weight excluding hydrogens is 324 g/mol. The molecule has 26 heavy (non-hydrogen) atoms. The second kappa shape index (κ2) is 6.45. The van der Waals surface area contributed by atoms with Gasteiger partial charge in [0.2, 0.25) is 0 Å². The Morgan fingerprint density at radius 3 is 2.69 bits per heavy atom. The largest absolute Gasteiger partial charge is 0.494 e. The Balaban J connectivity index is 1.90. The van der Waals surface area contributed by atoms with Gasteiger partial charge in [0, 0.05) is 17.1 Å². The van der Waals surface area contributed by atoms with Gasteiger partial charge in [-0.2, -0.15) is 0 Å². The van der Waals surface area contributed by atoms with Crippen molar-refractivity contribution < 1.29 is 9.26 Å². The van der Waals surface area contributed by atoms with E-state index in [1.54, 1.807) is 7.11 Å². The average Bonchev–Trinajstić information content (AvgIpc) is 2.99. The number of pyridine rings is 1. The fraction of sp³-hybridized carbons (Fsp3) is 0.273. The van der Waals surface area contributed by atoms with Crippen LogP contribution in [0.25, 0.3) is 22.0 Å². The summed E-state index contributed by atoms with van der Waals surface area (Å²) in [7, 11) is 1.69. The number of ether oxygens (including phenoxy) is 1. The highest BCUT2D eigenvalue weighted by Gasteiger charge is 2.19. The molecule has 4 heteroatoms. The maximum absolute atomic E-state index is 5.50. The molecule has 0 spiro atoms. The number of fused-ring (bicyclic) bond motifs is 1. The molecule has 0 atom stereocenters. The van der Waals surface area contributed by atoms with Crippen LogP contribution in [-0.2, 0) is 0 Å². The van der Waals surface area contributed by atoms with Crippen LogP contribution in [0.2, 0.25) is 0 Å². The summed E-state index contributed by atoms with van der Waals surface area (Å²) in [5, 5.41) is 5.23. The van der Waals surface area contributed by atoms with E-state index in [2.05, 4.69) is 35.3 Å². The van der Waals surface area contributed by atoms with Gasteiger partial charge in [0.1, 0.15) is 17.0 Å². The number of rotatable bonds is 3. The number of hydrogen-bond donors (Lipinski definition) is 0. The lowest BCUT2D eigenvalue weighted by Gasteiger charge is -2.18. The molecule has 0 saturated carbocycles. The zero-order valence-corrected chi connectivity index (χ0v) is 15.6. The minimum absolute atomic E-state index is 0.801. The maximum atomic E-state index is 5.50. The first-order chi connectivity index (χ1) is 12.6. The molecule has 0 fully saturated rings. The van der Waals surface area contributed by atoms with Gasteiger partial charge in [-0.3, -0.25) is 4.98 Å². The number of methoxy groups -OCH3 is 1. The van der Waals surface area contributed by atoms with Crippen LogP contribution in [0.3, 0.4) is 0 Å². The van der Waals surface area contributed by atoms with Crippen molar-refractivity contribution in [3.05, 3.63) is 64.7 Å². The van der Waals surface area contributed by atoms with Crippen molar-refractivity contribution in [2.24, 2.45) is 0 Å². The van der Waals surface area contributed by atoms with Gasteiger partial charge >= 0.3 is 0 Å². The van der Waals surface area contributed by atoms with E-state index in [1.807, 2.05) is 32.2 Å². The number of aromatic nitrogens is 2. The van der Waals surface area contributed by atoms with E-state index in [0.29, 0.717) is 0 Å². The zero-order chi connectivity index (χ0) is 18.3. The predicted molar refractivity (Wildman–Crippen MR) is 104 cm³/mol. The summed E-state index contributed by atoms with van der Waals surface area (Å²) < 4.78 is 10.9. The van der Waals surface area contributed by atoms with Crippen molar-refractivity contribution in [1.82, 2.24) is 10.1 Å². The Morgan fingerprint density at radius 1 is 1.12 bits per heavy atom. The zero-order valence-electron chi connectivity index (χ0n) is 15.6. The standard InChI is InChI=1S/C22H22N2O2/c1-13-12-23-22-18(9-6-10-19(22)25-4)20(13)16-7-5-8-17(11-16)21-14(2)24-26-15(21)3/h6-7,9-12H,5,8H2,1-4H3. The van der Waals surface area contributed by atoms with Crippen LogP contribution in [-0.4, -0.2) is 17.3 Å². The molecule has 2 heterocycles. The normalized spacial score (nSPS) is 14.3. The highest BCUT2D eigenvalue weighted by molar-refractivity contribution is 6.00. The van der Waals surface area contributed by atoms with E-state index in [0.717, 1.165) is 52.1 Å². The van der Waals surface area contributed by atoms with E-state index >= 15 is 0 Å². The van der Waals surface area contributed by atoms with E-state index < -0.39 is 0 Å². The average molecular weight is 346 g/mol. The van der Waals surface area contributed by atoms with Crippen LogP contribution in [0.15, 0.2) is 41.1 Å². The maximum Gasteiger partial charge on any atom is 0.145 e. The van der Waals surface area contributed by atoms with Gasteiger partial charge in [-0.05, 0) is 62.0 Å². The Bertz CT molecular complexity index is 1040. The van der Waals surface area contributed by atoms with Gasteiger partial charge in [0.05, 0.1) is 12.8 Å². The highest BCUT2D eigenvalue weighted by atomic mass is 16.5. The van der Waals surface area contributed by atoms with Gasteiger partial charge < -0.3 is 9.26 Å². The summed E-state index contributed by atoms with van der Waals surface area (Å²) in [5.74, 6) is 1.68. The van der Waals surface area contributed by atoms with E-state index in [9.17, 15) is 0 Å². The lowest BCUT2D eigenvalue weighted by Crippen LogP contribution is -1.99. The summed E-state index contributed by atoms with van der Waals surface area (Å²) in [6.07, 6.45) is 8.51. The van der Waals surface area contributed by atoms with Gasteiger partial charge in [-0.15, -0.1) is 0 Å². The molecule has 0 unspecified atom stereocenters.